The number of hydrogen-bond donors (Lipinski definition) is 0. The number of fused-ring (bicyclic) bond motifs is 1. The summed E-state index contributed by atoms with van der Waals surface area (Å²) in [4.78, 5) is 36.7. The van der Waals surface area contributed by atoms with E-state index >= 15 is 0 Å². The lowest BCUT2D eigenvalue weighted by atomic mass is 9.93. The fourth-order valence-corrected chi connectivity index (χ4v) is 4.81. The smallest absolute Gasteiger partial charge is 0.275 e. The number of rotatable bonds is 5. The molecule has 1 aliphatic heterocycles. The predicted octanol–water partition coefficient (Wildman–Crippen LogP) is 1.70. The minimum atomic E-state index is -0.163. The van der Waals surface area contributed by atoms with E-state index in [1.54, 1.807) is 23.0 Å². The number of piperidine rings is 1. The number of nitrogens with zero attached hydrogens (tertiary/aromatic N) is 6. The number of carbonyl (C=O) groups is 1. The van der Waals surface area contributed by atoms with Crippen molar-refractivity contribution in [2.75, 3.05) is 19.3 Å². The van der Waals surface area contributed by atoms with E-state index in [1.165, 1.54) is 27.6 Å². The van der Waals surface area contributed by atoms with Crippen molar-refractivity contribution >= 4 is 33.8 Å². The first-order valence-corrected chi connectivity index (χ1v) is 10.8. The SMILES string of the molecule is CSc1nn2c(=O)cc(CN3CCCC(C(=O)c4nccn4C)C3)nc2s1. The van der Waals surface area contributed by atoms with E-state index in [-0.39, 0.29) is 17.3 Å². The van der Waals surface area contributed by atoms with E-state index in [9.17, 15) is 9.59 Å². The molecule has 1 fully saturated rings. The zero-order valence-corrected chi connectivity index (χ0v) is 16.8. The van der Waals surface area contributed by atoms with Crippen LogP contribution in [0.15, 0.2) is 27.6 Å². The van der Waals surface area contributed by atoms with Gasteiger partial charge in [-0.15, -0.1) is 5.10 Å². The summed E-state index contributed by atoms with van der Waals surface area (Å²) in [6, 6.07) is 1.54. The van der Waals surface area contributed by atoms with Crippen LogP contribution in [0.3, 0.4) is 0 Å². The zero-order valence-electron chi connectivity index (χ0n) is 15.2. The number of carbonyl (C=O) groups excluding carboxylic acids is 1. The molecular weight excluding hydrogens is 384 g/mol. The third kappa shape index (κ3) is 3.69. The third-order valence-corrected chi connectivity index (χ3v) is 6.64. The van der Waals surface area contributed by atoms with Crippen LogP contribution in [0.2, 0.25) is 0 Å². The Labute approximate surface area is 164 Å². The van der Waals surface area contributed by atoms with Gasteiger partial charge in [-0.05, 0) is 25.6 Å². The van der Waals surface area contributed by atoms with Crippen LogP contribution < -0.4 is 5.56 Å². The van der Waals surface area contributed by atoms with E-state index in [1.807, 2.05) is 13.3 Å². The Kier molecular flexibility index (Phi) is 5.11. The molecule has 1 atom stereocenters. The first-order chi connectivity index (χ1) is 13.0. The second-order valence-electron chi connectivity index (χ2n) is 6.65. The molecule has 0 bridgehead atoms. The van der Waals surface area contributed by atoms with Gasteiger partial charge in [0.15, 0.2) is 10.2 Å². The molecule has 8 nitrogen and oxygen atoms in total. The summed E-state index contributed by atoms with van der Waals surface area (Å²) in [7, 11) is 1.84. The predicted molar refractivity (Wildman–Crippen MR) is 104 cm³/mol. The Morgan fingerprint density at radius 3 is 3.04 bits per heavy atom. The monoisotopic (exact) mass is 404 g/mol. The number of aromatic nitrogens is 5. The largest absolute Gasteiger partial charge is 0.332 e. The zero-order chi connectivity index (χ0) is 19.0. The Morgan fingerprint density at radius 1 is 1.44 bits per heavy atom. The molecule has 3 aromatic heterocycles. The van der Waals surface area contributed by atoms with E-state index in [0.29, 0.717) is 23.9 Å². The van der Waals surface area contributed by atoms with Gasteiger partial charge in [0, 0.05) is 44.5 Å². The second-order valence-corrected chi connectivity index (χ2v) is 8.66. The van der Waals surface area contributed by atoms with Gasteiger partial charge in [-0.2, -0.15) is 4.52 Å². The molecule has 1 aliphatic rings. The molecule has 0 aliphatic carbocycles. The van der Waals surface area contributed by atoms with Crippen LogP contribution in [0.4, 0.5) is 0 Å². The molecule has 3 aromatic rings. The van der Waals surface area contributed by atoms with E-state index in [2.05, 4.69) is 20.0 Å². The minimum Gasteiger partial charge on any atom is -0.332 e. The van der Waals surface area contributed by atoms with Gasteiger partial charge in [-0.1, -0.05) is 23.1 Å². The quantitative estimate of drug-likeness (QED) is 0.473. The highest BCUT2D eigenvalue weighted by molar-refractivity contribution is 8.00. The third-order valence-electron chi connectivity index (χ3n) is 4.76. The lowest BCUT2D eigenvalue weighted by molar-refractivity contribution is 0.0796. The average Bonchev–Trinajstić information content (AvgIpc) is 3.27. The van der Waals surface area contributed by atoms with Gasteiger partial charge in [-0.25, -0.2) is 9.97 Å². The van der Waals surface area contributed by atoms with Crippen molar-refractivity contribution < 1.29 is 4.79 Å². The highest BCUT2D eigenvalue weighted by atomic mass is 32.2. The van der Waals surface area contributed by atoms with E-state index in [4.69, 9.17) is 0 Å². The van der Waals surface area contributed by atoms with Crippen molar-refractivity contribution in [2.45, 2.75) is 23.7 Å². The maximum atomic E-state index is 12.8. The second kappa shape index (κ2) is 7.53. The summed E-state index contributed by atoms with van der Waals surface area (Å²) >= 11 is 2.91. The van der Waals surface area contributed by atoms with Crippen molar-refractivity contribution in [1.82, 2.24) is 29.0 Å². The standard InChI is InChI=1S/C17H20N6O2S2/c1-21-7-5-18-15(21)14(25)11-4-3-6-22(9-11)10-12-8-13(24)23-16(19-12)27-17(20-23)26-2/h5,7-8,11H,3-4,6,9-10H2,1-2H3. The average molecular weight is 405 g/mol. The number of thioether (sulfide) groups is 1. The lowest BCUT2D eigenvalue weighted by Crippen LogP contribution is -2.39. The highest BCUT2D eigenvalue weighted by Crippen LogP contribution is 2.23. The molecule has 0 amide bonds. The fraction of sp³-hybridized carbons (Fsp3) is 0.471. The number of imidazole rings is 1. The van der Waals surface area contributed by atoms with Crippen LogP contribution in [0.5, 0.6) is 0 Å². The van der Waals surface area contributed by atoms with Crippen LogP contribution in [-0.4, -0.2) is 54.2 Å². The van der Waals surface area contributed by atoms with E-state index < -0.39 is 0 Å². The molecule has 10 heteroatoms. The molecule has 142 valence electrons. The summed E-state index contributed by atoms with van der Waals surface area (Å²) < 4.78 is 3.93. The molecule has 1 unspecified atom stereocenters. The maximum absolute atomic E-state index is 12.8. The van der Waals surface area contributed by atoms with E-state index in [0.717, 1.165) is 29.4 Å². The topological polar surface area (TPSA) is 85.4 Å². The summed E-state index contributed by atoms with van der Waals surface area (Å²) in [5, 5.41) is 4.25. The van der Waals surface area contributed by atoms with Gasteiger partial charge in [0.05, 0.1) is 5.69 Å². The Morgan fingerprint density at radius 2 is 2.30 bits per heavy atom. The Hall–Kier alpha value is -2.04. The van der Waals surface area contributed by atoms with Crippen LogP contribution in [0, 0.1) is 5.92 Å². The molecule has 27 heavy (non-hydrogen) atoms. The number of ketones is 1. The summed E-state index contributed by atoms with van der Waals surface area (Å²) in [6.45, 7) is 2.11. The summed E-state index contributed by atoms with van der Waals surface area (Å²) in [6.07, 6.45) is 7.18. The van der Waals surface area contributed by atoms with Crippen molar-refractivity contribution in [3.05, 3.63) is 40.3 Å². The maximum Gasteiger partial charge on any atom is 0.275 e. The minimum absolute atomic E-state index is 0.0730. The lowest BCUT2D eigenvalue weighted by Gasteiger charge is -2.31. The van der Waals surface area contributed by atoms with Gasteiger partial charge in [0.2, 0.25) is 10.7 Å². The molecular formula is C17H20N6O2S2. The normalized spacial score (nSPS) is 18.2. The first-order valence-electron chi connectivity index (χ1n) is 8.73. The molecule has 4 rings (SSSR count). The van der Waals surface area contributed by atoms with Crippen LogP contribution in [-0.2, 0) is 13.6 Å². The molecule has 0 N–H and O–H groups in total. The molecule has 4 heterocycles. The van der Waals surface area contributed by atoms with Crippen molar-refractivity contribution in [2.24, 2.45) is 13.0 Å². The molecule has 0 aromatic carbocycles. The van der Waals surface area contributed by atoms with Crippen LogP contribution >= 0.6 is 23.1 Å². The molecule has 0 saturated carbocycles. The van der Waals surface area contributed by atoms with Gasteiger partial charge < -0.3 is 4.57 Å². The van der Waals surface area contributed by atoms with Crippen LogP contribution in [0.25, 0.3) is 4.96 Å². The fourth-order valence-electron chi connectivity index (χ4n) is 3.43. The van der Waals surface area contributed by atoms with Gasteiger partial charge in [0.25, 0.3) is 5.56 Å². The number of hydrogen-bond acceptors (Lipinski definition) is 8. The number of aryl methyl sites for hydroxylation is 1. The van der Waals surface area contributed by atoms with Crippen molar-refractivity contribution in [3.8, 4) is 0 Å². The molecule has 1 saturated heterocycles. The summed E-state index contributed by atoms with van der Waals surface area (Å²) in [5.74, 6) is 0.521. The number of Topliss-reactive ketones (excluding diaryl/α,β-unsaturated/α-hetero) is 1. The van der Waals surface area contributed by atoms with Crippen LogP contribution in [0.1, 0.15) is 29.2 Å². The van der Waals surface area contributed by atoms with Gasteiger partial charge in [0.1, 0.15) is 0 Å². The summed E-state index contributed by atoms with van der Waals surface area (Å²) in [5.41, 5.74) is 0.561. The number of likely N-dealkylation sites (tertiary alicyclic amines) is 1. The molecule has 0 spiro atoms. The molecule has 0 radical (unpaired) electrons. The van der Waals surface area contributed by atoms with Gasteiger partial charge in [-0.3, -0.25) is 14.5 Å². The highest BCUT2D eigenvalue weighted by Gasteiger charge is 2.29. The Bertz CT molecular complexity index is 1040. The van der Waals surface area contributed by atoms with Gasteiger partial charge >= 0.3 is 0 Å². The Balaban J connectivity index is 1.51. The van der Waals surface area contributed by atoms with Crippen molar-refractivity contribution in [1.29, 1.82) is 0 Å². The van der Waals surface area contributed by atoms with Crippen molar-refractivity contribution in [3.63, 3.8) is 0 Å². The first kappa shape index (κ1) is 18.3.